The van der Waals surface area contributed by atoms with Crippen LogP contribution in [0, 0.1) is 28.9 Å². The Bertz CT molecular complexity index is 552. The molecule has 1 atom stereocenters. The Hall–Kier alpha value is -1.52. The molecule has 0 aliphatic rings. The van der Waals surface area contributed by atoms with Crippen molar-refractivity contribution in [1.82, 2.24) is 4.72 Å². The van der Waals surface area contributed by atoms with Gasteiger partial charge in [-0.2, -0.15) is 5.26 Å². The van der Waals surface area contributed by atoms with E-state index >= 15 is 0 Å². The predicted molar refractivity (Wildman–Crippen MR) is 56.3 cm³/mol. The second kappa shape index (κ2) is 5.21. The molecule has 1 unspecified atom stereocenters. The Morgan fingerprint density at radius 2 is 2.12 bits per heavy atom. The van der Waals surface area contributed by atoms with Gasteiger partial charge in [0.15, 0.2) is 0 Å². The first kappa shape index (κ1) is 13.5. The molecule has 0 aliphatic carbocycles. The summed E-state index contributed by atoms with van der Waals surface area (Å²) in [5.74, 6) is -2.55. The van der Waals surface area contributed by atoms with Crippen LogP contribution in [0.25, 0.3) is 0 Å². The van der Waals surface area contributed by atoms with Gasteiger partial charge in [-0.05, 0) is 19.1 Å². The largest absolute Gasteiger partial charge is 0.243 e. The van der Waals surface area contributed by atoms with Gasteiger partial charge >= 0.3 is 0 Å². The third-order valence-corrected chi connectivity index (χ3v) is 3.44. The average Bonchev–Trinajstić information content (AvgIpc) is 2.25. The van der Waals surface area contributed by atoms with Crippen LogP contribution in [0.4, 0.5) is 8.78 Å². The maximum Gasteiger partial charge on any atom is 0.243 e. The summed E-state index contributed by atoms with van der Waals surface area (Å²) in [6, 6.07) is 4.01. The number of sulfonamides is 1. The zero-order valence-corrected chi connectivity index (χ0v) is 9.76. The van der Waals surface area contributed by atoms with E-state index in [4.69, 9.17) is 5.26 Å². The lowest BCUT2D eigenvalue weighted by molar-refractivity contribution is 0.540. The molecule has 4 nitrogen and oxygen atoms in total. The number of nitrogens with one attached hydrogen (secondary N) is 1. The fourth-order valence-corrected chi connectivity index (χ4v) is 2.24. The van der Waals surface area contributed by atoms with Crippen LogP contribution in [0.1, 0.15) is 6.92 Å². The highest BCUT2D eigenvalue weighted by Crippen LogP contribution is 2.15. The van der Waals surface area contributed by atoms with Crippen LogP contribution in [0.3, 0.4) is 0 Å². The van der Waals surface area contributed by atoms with E-state index in [9.17, 15) is 17.2 Å². The first-order valence-corrected chi connectivity index (χ1v) is 6.19. The summed E-state index contributed by atoms with van der Waals surface area (Å²) in [6.45, 7) is 1.39. The molecule has 0 heterocycles. The molecule has 17 heavy (non-hydrogen) atoms. The van der Waals surface area contributed by atoms with E-state index < -0.39 is 32.5 Å². The van der Waals surface area contributed by atoms with Crippen molar-refractivity contribution in [2.75, 3.05) is 6.54 Å². The number of nitriles is 1. The first-order chi connectivity index (χ1) is 7.86. The van der Waals surface area contributed by atoms with Gasteiger partial charge < -0.3 is 0 Å². The molecule has 0 amide bonds. The predicted octanol–water partition coefficient (Wildman–Crippen LogP) is 1.40. The van der Waals surface area contributed by atoms with Crippen molar-refractivity contribution in [3.05, 3.63) is 29.8 Å². The molecule has 1 aromatic carbocycles. The van der Waals surface area contributed by atoms with Gasteiger partial charge in [0.2, 0.25) is 10.0 Å². The van der Waals surface area contributed by atoms with Gasteiger partial charge in [0.1, 0.15) is 16.5 Å². The highest BCUT2D eigenvalue weighted by molar-refractivity contribution is 7.89. The lowest BCUT2D eigenvalue weighted by Crippen LogP contribution is -2.28. The Morgan fingerprint density at radius 3 is 2.65 bits per heavy atom. The number of halogens is 2. The second-order valence-electron chi connectivity index (χ2n) is 3.46. The number of nitrogens with zero attached hydrogens (tertiary/aromatic N) is 1. The van der Waals surface area contributed by atoms with Crippen molar-refractivity contribution >= 4 is 10.0 Å². The molecule has 0 aliphatic heterocycles. The minimum absolute atomic E-state index is 0.129. The van der Waals surface area contributed by atoms with E-state index in [0.717, 1.165) is 12.1 Å². The summed E-state index contributed by atoms with van der Waals surface area (Å²) < 4.78 is 51.1. The normalized spacial score (nSPS) is 13.1. The van der Waals surface area contributed by atoms with Crippen molar-refractivity contribution in [3.63, 3.8) is 0 Å². The van der Waals surface area contributed by atoms with Gasteiger partial charge in [-0.3, -0.25) is 0 Å². The maximum atomic E-state index is 13.2. The zero-order chi connectivity index (χ0) is 13.1. The van der Waals surface area contributed by atoms with Crippen molar-refractivity contribution in [2.45, 2.75) is 11.8 Å². The molecule has 7 heteroatoms. The summed E-state index contributed by atoms with van der Waals surface area (Å²) in [7, 11) is -4.06. The molecule has 0 saturated carbocycles. The van der Waals surface area contributed by atoms with Gasteiger partial charge in [-0.25, -0.2) is 21.9 Å². The summed E-state index contributed by atoms with van der Waals surface area (Å²) in [4.78, 5) is -0.635. The highest BCUT2D eigenvalue weighted by Gasteiger charge is 2.19. The van der Waals surface area contributed by atoms with Crippen LogP contribution in [-0.4, -0.2) is 15.0 Å². The summed E-state index contributed by atoms with van der Waals surface area (Å²) in [6.07, 6.45) is 0. The molecule has 1 aromatic rings. The van der Waals surface area contributed by atoms with E-state index in [1.54, 1.807) is 0 Å². The fraction of sp³-hybridized carbons (Fsp3) is 0.300. The molecule has 0 radical (unpaired) electrons. The van der Waals surface area contributed by atoms with Crippen molar-refractivity contribution in [3.8, 4) is 6.07 Å². The van der Waals surface area contributed by atoms with Crippen LogP contribution in [-0.2, 0) is 10.0 Å². The summed E-state index contributed by atoms with van der Waals surface area (Å²) in [5, 5.41) is 8.48. The minimum atomic E-state index is -4.06. The van der Waals surface area contributed by atoms with E-state index in [2.05, 4.69) is 4.72 Å². The Balaban J connectivity index is 2.95. The quantitative estimate of drug-likeness (QED) is 0.889. The van der Waals surface area contributed by atoms with Crippen LogP contribution < -0.4 is 4.72 Å². The summed E-state index contributed by atoms with van der Waals surface area (Å²) >= 11 is 0. The average molecular weight is 260 g/mol. The molecule has 0 fully saturated rings. The molecule has 0 saturated heterocycles. The van der Waals surface area contributed by atoms with E-state index in [-0.39, 0.29) is 6.54 Å². The van der Waals surface area contributed by atoms with Gasteiger partial charge in [0.25, 0.3) is 0 Å². The van der Waals surface area contributed by atoms with E-state index in [1.807, 2.05) is 6.07 Å². The Morgan fingerprint density at radius 1 is 1.47 bits per heavy atom. The number of rotatable bonds is 4. The molecule has 0 bridgehead atoms. The van der Waals surface area contributed by atoms with E-state index in [1.165, 1.54) is 6.92 Å². The molecule has 92 valence electrons. The van der Waals surface area contributed by atoms with Gasteiger partial charge in [0, 0.05) is 12.6 Å². The first-order valence-electron chi connectivity index (χ1n) is 4.71. The maximum absolute atomic E-state index is 13.2. The minimum Gasteiger partial charge on any atom is -0.210 e. The van der Waals surface area contributed by atoms with Crippen molar-refractivity contribution < 1.29 is 17.2 Å². The second-order valence-corrected chi connectivity index (χ2v) is 5.19. The van der Waals surface area contributed by atoms with Crippen molar-refractivity contribution in [2.24, 2.45) is 5.92 Å². The number of hydrogen-bond donors (Lipinski definition) is 1. The van der Waals surface area contributed by atoms with Gasteiger partial charge in [0.05, 0.1) is 12.0 Å². The molecule has 0 spiro atoms. The molecule has 0 aromatic heterocycles. The number of benzene rings is 1. The highest BCUT2D eigenvalue weighted by atomic mass is 32.2. The molecule has 1 N–H and O–H groups in total. The molecule has 1 rings (SSSR count). The van der Waals surface area contributed by atoms with E-state index in [0.29, 0.717) is 6.07 Å². The standard InChI is InChI=1S/C10H10F2N2O2S/c1-7(5-13)6-14-17(15,16)10-3-2-8(11)4-9(10)12/h2-4,7,14H,6H2,1H3. The topological polar surface area (TPSA) is 70.0 Å². The van der Waals surface area contributed by atoms with Crippen LogP contribution in [0.2, 0.25) is 0 Å². The Labute approximate surface area is 97.9 Å². The Kier molecular flexibility index (Phi) is 4.15. The SMILES string of the molecule is CC(C#N)CNS(=O)(=O)c1ccc(F)cc1F. The van der Waals surface area contributed by atoms with Crippen LogP contribution >= 0.6 is 0 Å². The van der Waals surface area contributed by atoms with Gasteiger partial charge in [-0.1, -0.05) is 0 Å². The third-order valence-electron chi connectivity index (χ3n) is 1.98. The zero-order valence-electron chi connectivity index (χ0n) is 8.94. The van der Waals surface area contributed by atoms with Crippen LogP contribution in [0.15, 0.2) is 23.1 Å². The number of hydrogen-bond acceptors (Lipinski definition) is 3. The van der Waals surface area contributed by atoms with Gasteiger partial charge in [-0.15, -0.1) is 0 Å². The van der Waals surface area contributed by atoms with Crippen LogP contribution in [0.5, 0.6) is 0 Å². The smallest absolute Gasteiger partial charge is 0.210 e. The van der Waals surface area contributed by atoms with Crippen molar-refractivity contribution in [1.29, 1.82) is 5.26 Å². The lowest BCUT2D eigenvalue weighted by atomic mass is 10.2. The molecular formula is C10H10F2N2O2S. The third kappa shape index (κ3) is 3.47. The lowest BCUT2D eigenvalue weighted by Gasteiger charge is -2.08. The monoisotopic (exact) mass is 260 g/mol. The molecular weight excluding hydrogens is 250 g/mol. The fourth-order valence-electron chi connectivity index (χ4n) is 1.05. The summed E-state index contributed by atoms with van der Waals surface area (Å²) in [5.41, 5.74) is 0.